The standard InChI is InChI=1S/C12H22N2O/c1-6-8-14(9-7-2)11(15)10(13)12(3,4)5/h1,10H,7-9,13H2,2-5H3. The summed E-state index contributed by atoms with van der Waals surface area (Å²) in [4.78, 5) is 13.6. The zero-order valence-corrected chi connectivity index (χ0v) is 10.2. The molecular formula is C12H22N2O. The molecule has 1 unspecified atom stereocenters. The fourth-order valence-electron chi connectivity index (χ4n) is 1.21. The Morgan fingerprint density at radius 3 is 2.40 bits per heavy atom. The number of nitrogens with zero attached hydrogens (tertiary/aromatic N) is 1. The van der Waals surface area contributed by atoms with Gasteiger partial charge >= 0.3 is 0 Å². The van der Waals surface area contributed by atoms with Gasteiger partial charge in [-0.25, -0.2) is 0 Å². The molecule has 1 amide bonds. The lowest BCUT2D eigenvalue weighted by Crippen LogP contribution is -2.50. The van der Waals surface area contributed by atoms with Gasteiger partial charge in [0.15, 0.2) is 0 Å². The van der Waals surface area contributed by atoms with E-state index in [0.29, 0.717) is 13.1 Å². The number of rotatable bonds is 4. The summed E-state index contributed by atoms with van der Waals surface area (Å²) in [6.45, 7) is 8.89. The normalized spacial score (nSPS) is 13.1. The van der Waals surface area contributed by atoms with E-state index in [0.717, 1.165) is 6.42 Å². The summed E-state index contributed by atoms with van der Waals surface area (Å²) in [5.74, 6) is 2.44. The molecule has 0 rings (SSSR count). The Balaban J connectivity index is 4.57. The summed E-state index contributed by atoms with van der Waals surface area (Å²) in [6.07, 6.45) is 6.12. The van der Waals surface area contributed by atoms with Gasteiger partial charge in [0, 0.05) is 6.54 Å². The van der Waals surface area contributed by atoms with Crippen molar-refractivity contribution in [3.63, 3.8) is 0 Å². The first-order valence-corrected chi connectivity index (χ1v) is 5.32. The number of carbonyl (C=O) groups is 1. The van der Waals surface area contributed by atoms with Crippen molar-refractivity contribution in [1.82, 2.24) is 4.90 Å². The van der Waals surface area contributed by atoms with Gasteiger partial charge in [0.25, 0.3) is 0 Å². The van der Waals surface area contributed by atoms with Crippen LogP contribution in [0.3, 0.4) is 0 Å². The van der Waals surface area contributed by atoms with Crippen LogP contribution in [-0.4, -0.2) is 29.9 Å². The fraction of sp³-hybridized carbons (Fsp3) is 0.750. The number of carbonyl (C=O) groups excluding carboxylic acids is 1. The molecule has 3 nitrogen and oxygen atoms in total. The van der Waals surface area contributed by atoms with Crippen LogP contribution in [0.1, 0.15) is 34.1 Å². The van der Waals surface area contributed by atoms with Gasteiger partial charge in [0.1, 0.15) is 0 Å². The fourth-order valence-corrected chi connectivity index (χ4v) is 1.21. The molecular weight excluding hydrogens is 188 g/mol. The Labute approximate surface area is 93.0 Å². The smallest absolute Gasteiger partial charge is 0.240 e. The third kappa shape index (κ3) is 4.35. The molecule has 0 aromatic heterocycles. The zero-order valence-electron chi connectivity index (χ0n) is 10.2. The van der Waals surface area contributed by atoms with Crippen molar-refractivity contribution in [2.75, 3.05) is 13.1 Å². The van der Waals surface area contributed by atoms with Crippen LogP contribution in [0.2, 0.25) is 0 Å². The highest BCUT2D eigenvalue weighted by molar-refractivity contribution is 5.82. The van der Waals surface area contributed by atoms with Crippen LogP contribution in [-0.2, 0) is 4.79 Å². The van der Waals surface area contributed by atoms with Crippen molar-refractivity contribution >= 4 is 5.91 Å². The van der Waals surface area contributed by atoms with Crippen LogP contribution in [0.25, 0.3) is 0 Å². The molecule has 0 aliphatic rings. The van der Waals surface area contributed by atoms with E-state index in [1.165, 1.54) is 0 Å². The molecule has 0 aliphatic heterocycles. The second kappa shape index (κ2) is 5.77. The molecule has 3 heteroatoms. The highest BCUT2D eigenvalue weighted by atomic mass is 16.2. The molecule has 0 saturated heterocycles. The summed E-state index contributed by atoms with van der Waals surface area (Å²) in [5.41, 5.74) is 5.67. The zero-order chi connectivity index (χ0) is 12.1. The predicted molar refractivity (Wildman–Crippen MR) is 63.1 cm³/mol. The minimum Gasteiger partial charge on any atom is -0.330 e. The van der Waals surface area contributed by atoms with Gasteiger partial charge < -0.3 is 10.6 Å². The van der Waals surface area contributed by atoms with Crippen molar-refractivity contribution in [2.45, 2.75) is 40.2 Å². The van der Waals surface area contributed by atoms with Crippen molar-refractivity contribution < 1.29 is 4.79 Å². The maximum absolute atomic E-state index is 12.0. The minimum absolute atomic E-state index is 0.0534. The number of hydrogen-bond acceptors (Lipinski definition) is 2. The molecule has 0 saturated carbocycles. The topological polar surface area (TPSA) is 46.3 Å². The van der Waals surface area contributed by atoms with Crippen LogP contribution >= 0.6 is 0 Å². The molecule has 0 radical (unpaired) electrons. The molecule has 0 heterocycles. The van der Waals surface area contributed by atoms with Crippen molar-refractivity contribution in [3.8, 4) is 12.3 Å². The van der Waals surface area contributed by atoms with E-state index in [9.17, 15) is 4.79 Å². The lowest BCUT2D eigenvalue weighted by molar-refractivity contribution is -0.134. The highest BCUT2D eigenvalue weighted by Crippen LogP contribution is 2.19. The minimum atomic E-state index is -0.489. The van der Waals surface area contributed by atoms with Gasteiger partial charge in [-0.05, 0) is 11.8 Å². The van der Waals surface area contributed by atoms with Crippen LogP contribution in [0.5, 0.6) is 0 Å². The Kier molecular flexibility index (Phi) is 5.38. The first-order chi connectivity index (χ1) is 6.84. The van der Waals surface area contributed by atoms with Gasteiger partial charge in [0.2, 0.25) is 5.91 Å². The number of hydrogen-bond donors (Lipinski definition) is 1. The lowest BCUT2D eigenvalue weighted by atomic mass is 9.86. The largest absolute Gasteiger partial charge is 0.330 e. The van der Waals surface area contributed by atoms with Crippen LogP contribution in [0, 0.1) is 17.8 Å². The van der Waals surface area contributed by atoms with Crippen LogP contribution in [0.4, 0.5) is 0 Å². The number of nitrogens with two attached hydrogens (primary N) is 1. The van der Waals surface area contributed by atoms with E-state index >= 15 is 0 Å². The summed E-state index contributed by atoms with van der Waals surface area (Å²) in [5, 5.41) is 0. The molecule has 86 valence electrons. The summed E-state index contributed by atoms with van der Waals surface area (Å²) >= 11 is 0. The Hall–Kier alpha value is -1.01. The van der Waals surface area contributed by atoms with Crippen molar-refractivity contribution in [1.29, 1.82) is 0 Å². The molecule has 15 heavy (non-hydrogen) atoms. The van der Waals surface area contributed by atoms with Gasteiger partial charge in [-0.15, -0.1) is 6.42 Å². The number of terminal acetylenes is 1. The van der Waals surface area contributed by atoms with Gasteiger partial charge in [-0.1, -0.05) is 33.6 Å². The van der Waals surface area contributed by atoms with E-state index in [1.807, 2.05) is 27.7 Å². The predicted octanol–water partition coefficient (Wildman–Crippen LogP) is 1.23. The maximum atomic E-state index is 12.0. The van der Waals surface area contributed by atoms with Crippen molar-refractivity contribution in [3.05, 3.63) is 0 Å². The first-order valence-electron chi connectivity index (χ1n) is 5.32. The lowest BCUT2D eigenvalue weighted by Gasteiger charge is -2.31. The van der Waals surface area contributed by atoms with E-state index < -0.39 is 6.04 Å². The molecule has 1 atom stereocenters. The summed E-state index contributed by atoms with van der Waals surface area (Å²) in [6, 6.07) is -0.489. The number of amides is 1. The van der Waals surface area contributed by atoms with E-state index in [1.54, 1.807) is 4.90 Å². The van der Waals surface area contributed by atoms with E-state index in [4.69, 9.17) is 12.2 Å². The second-order valence-electron chi connectivity index (χ2n) is 4.81. The molecule has 0 aromatic rings. The van der Waals surface area contributed by atoms with E-state index in [2.05, 4.69) is 5.92 Å². The van der Waals surface area contributed by atoms with Gasteiger partial charge in [-0.3, -0.25) is 4.79 Å². The summed E-state index contributed by atoms with van der Waals surface area (Å²) < 4.78 is 0. The Morgan fingerprint density at radius 1 is 1.53 bits per heavy atom. The summed E-state index contributed by atoms with van der Waals surface area (Å²) in [7, 11) is 0. The SMILES string of the molecule is C#CCN(CCC)C(=O)C(N)C(C)(C)C. The molecule has 0 aliphatic carbocycles. The van der Waals surface area contributed by atoms with Crippen LogP contribution < -0.4 is 5.73 Å². The molecule has 0 aromatic carbocycles. The molecule has 0 spiro atoms. The third-order valence-electron chi connectivity index (χ3n) is 2.29. The molecule has 2 N–H and O–H groups in total. The third-order valence-corrected chi connectivity index (χ3v) is 2.29. The van der Waals surface area contributed by atoms with Gasteiger partial charge in [0.05, 0.1) is 12.6 Å². The Morgan fingerprint density at radius 2 is 2.07 bits per heavy atom. The average Bonchev–Trinajstić information content (AvgIpc) is 2.14. The second-order valence-corrected chi connectivity index (χ2v) is 4.81. The average molecular weight is 210 g/mol. The van der Waals surface area contributed by atoms with Gasteiger partial charge in [-0.2, -0.15) is 0 Å². The van der Waals surface area contributed by atoms with E-state index in [-0.39, 0.29) is 11.3 Å². The quantitative estimate of drug-likeness (QED) is 0.709. The maximum Gasteiger partial charge on any atom is 0.240 e. The molecule has 0 fully saturated rings. The highest BCUT2D eigenvalue weighted by Gasteiger charge is 2.30. The first kappa shape index (κ1) is 14.0. The molecule has 0 bridgehead atoms. The Bertz CT molecular complexity index is 247. The van der Waals surface area contributed by atoms with Crippen LogP contribution in [0.15, 0.2) is 0 Å². The monoisotopic (exact) mass is 210 g/mol. The van der Waals surface area contributed by atoms with Crippen molar-refractivity contribution in [2.24, 2.45) is 11.1 Å².